The minimum absolute atomic E-state index is 0.454. The minimum atomic E-state index is 0.454. The highest BCUT2D eigenvalue weighted by Crippen LogP contribution is 2.21. The van der Waals surface area contributed by atoms with Crippen molar-refractivity contribution in [2.45, 2.75) is 103 Å². The van der Waals surface area contributed by atoms with E-state index < -0.39 is 0 Å². The van der Waals surface area contributed by atoms with E-state index in [2.05, 4.69) is 40.0 Å². The lowest BCUT2D eigenvalue weighted by Crippen LogP contribution is -2.40. The van der Waals surface area contributed by atoms with Crippen molar-refractivity contribution in [2.75, 3.05) is 36.4 Å². The molecular formula is C24H43N5. The first-order valence-electron chi connectivity index (χ1n) is 12.3. The summed E-state index contributed by atoms with van der Waals surface area (Å²) in [6.07, 6.45) is 17.8. The smallest absolute Gasteiger partial charge is 0.224 e. The van der Waals surface area contributed by atoms with Crippen LogP contribution in [0.5, 0.6) is 0 Å². The van der Waals surface area contributed by atoms with Gasteiger partial charge in [0, 0.05) is 37.9 Å². The first kappa shape index (κ1) is 22.3. The van der Waals surface area contributed by atoms with Gasteiger partial charge in [0.15, 0.2) is 0 Å². The average molecular weight is 402 g/mol. The molecule has 0 radical (unpaired) electrons. The third-order valence-electron chi connectivity index (χ3n) is 6.71. The highest BCUT2D eigenvalue weighted by Gasteiger charge is 2.22. The van der Waals surface area contributed by atoms with E-state index in [9.17, 15) is 0 Å². The first-order chi connectivity index (χ1) is 14.3. The summed E-state index contributed by atoms with van der Waals surface area (Å²) in [6, 6.07) is 3.21. The van der Waals surface area contributed by atoms with E-state index >= 15 is 0 Å². The largest absolute Gasteiger partial charge is 0.356 e. The van der Waals surface area contributed by atoms with E-state index in [4.69, 9.17) is 4.98 Å². The summed E-state index contributed by atoms with van der Waals surface area (Å²) in [6.45, 7) is 9.32. The normalized spacial score (nSPS) is 22.7. The maximum atomic E-state index is 4.89. The number of aromatic nitrogens is 2. The molecule has 1 aromatic heterocycles. The van der Waals surface area contributed by atoms with E-state index in [0.29, 0.717) is 12.1 Å². The lowest BCUT2D eigenvalue weighted by Gasteiger charge is -2.31. The van der Waals surface area contributed by atoms with Crippen molar-refractivity contribution in [1.82, 2.24) is 14.9 Å². The molecule has 0 saturated carbocycles. The van der Waals surface area contributed by atoms with Crippen LogP contribution in [0, 0.1) is 0 Å². The van der Waals surface area contributed by atoms with Gasteiger partial charge in [0.25, 0.3) is 0 Å². The second kappa shape index (κ2) is 12.4. The fourth-order valence-corrected chi connectivity index (χ4v) is 4.82. The molecule has 0 bridgehead atoms. The van der Waals surface area contributed by atoms with Crippen molar-refractivity contribution in [3.05, 3.63) is 12.3 Å². The summed E-state index contributed by atoms with van der Waals surface area (Å²) in [5.74, 6) is 1.91. The SMILES string of the molecule is CCCCCCC(C)N1CCCCC(Nc2nccc(N3CCCCCC3)n2)C1. The van der Waals surface area contributed by atoms with Gasteiger partial charge in [0.1, 0.15) is 5.82 Å². The molecule has 29 heavy (non-hydrogen) atoms. The molecule has 2 fully saturated rings. The Hall–Kier alpha value is -1.36. The number of hydrogen-bond acceptors (Lipinski definition) is 5. The van der Waals surface area contributed by atoms with Crippen molar-refractivity contribution < 1.29 is 0 Å². The highest BCUT2D eigenvalue weighted by atomic mass is 15.2. The van der Waals surface area contributed by atoms with E-state index in [-0.39, 0.29) is 0 Å². The maximum Gasteiger partial charge on any atom is 0.224 e. The van der Waals surface area contributed by atoms with E-state index in [1.165, 1.54) is 83.6 Å². The molecule has 0 spiro atoms. The summed E-state index contributed by atoms with van der Waals surface area (Å²) >= 11 is 0. The maximum absolute atomic E-state index is 4.89. The van der Waals surface area contributed by atoms with Gasteiger partial charge < -0.3 is 10.2 Å². The molecular weight excluding hydrogens is 358 g/mol. The van der Waals surface area contributed by atoms with E-state index in [1.54, 1.807) is 0 Å². The molecule has 164 valence electrons. The van der Waals surface area contributed by atoms with Gasteiger partial charge in [0.2, 0.25) is 5.95 Å². The zero-order valence-corrected chi connectivity index (χ0v) is 18.9. The number of rotatable bonds is 9. The zero-order valence-electron chi connectivity index (χ0n) is 18.9. The van der Waals surface area contributed by atoms with Crippen LogP contribution in [0.4, 0.5) is 11.8 Å². The topological polar surface area (TPSA) is 44.3 Å². The van der Waals surface area contributed by atoms with Gasteiger partial charge in [-0.25, -0.2) is 4.98 Å². The molecule has 0 amide bonds. The van der Waals surface area contributed by atoms with Gasteiger partial charge in [-0.2, -0.15) is 4.98 Å². The van der Waals surface area contributed by atoms with Gasteiger partial charge in [0.05, 0.1) is 0 Å². The van der Waals surface area contributed by atoms with Crippen molar-refractivity contribution in [1.29, 1.82) is 0 Å². The summed E-state index contributed by atoms with van der Waals surface area (Å²) in [4.78, 5) is 14.6. The third-order valence-corrected chi connectivity index (χ3v) is 6.71. The predicted molar refractivity (Wildman–Crippen MR) is 124 cm³/mol. The number of anilines is 2. The summed E-state index contributed by atoms with van der Waals surface area (Å²) in [7, 11) is 0. The van der Waals surface area contributed by atoms with Gasteiger partial charge in [-0.1, -0.05) is 51.9 Å². The van der Waals surface area contributed by atoms with Crippen molar-refractivity contribution in [3.8, 4) is 0 Å². The molecule has 5 heteroatoms. The second-order valence-electron chi connectivity index (χ2n) is 9.17. The highest BCUT2D eigenvalue weighted by molar-refractivity contribution is 5.43. The monoisotopic (exact) mass is 401 g/mol. The van der Waals surface area contributed by atoms with Gasteiger partial charge >= 0.3 is 0 Å². The fourth-order valence-electron chi connectivity index (χ4n) is 4.82. The minimum Gasteiger partial charge on any atom is -0.356 e. The molecule has 2 aliphatic rings. The number of unbranched alkanes of at least 4 members (excludes halogenated alkanes) is 3. The van der Waals surface area contributed by atoms with Gasteiger partial charge in [-0.05, 0) is 51.6 Å². The van der Waals surface area contributed by atoms with Crippen molar-refractivity contribution in [2.24, 2.45) is 0 Å². The Balaban J connectivity index is 1.55. The van der Waals surface area contributed by atoms with Gasteiger partial charge in [-0.15, -0.1) is 0 Å². The molecule has 2 atom stereocenters. The Morgan fingerprint density at radius 3 is 2.62 bits per heavy atom. The van der Waals surface area contributed by atoms with Crippen LogP contribution in [0.3, 0.4) is 0 Å². The standard InChI is InChI=1S/C24H43N5/c1-3-4-5-8-13-21(2)29-19-12-9-14-22(20-29)26-24-25-16-15-23(27-24)28-17-10-6-7-11-18-28/h15-16,21-22H,3-14,17-20H2,1-2H3,(H,25,26,27). The van der Waals surface area contributed by atoms with Crippen LogP contribution in [-0.4, -0.2) is 53.1 Å². The lowest BCUT2D eigenvalue weighted by atomic mass is 10.1. The average Bonchev–Trinajstić information content (AvgIpc) is 3.15. The van der Waals surface area contributed by atoms with Crippen LogP contribution in [0.2, 0.25) is 0 Å². The second-order valence-corrected chi connectivity index (χ2v) is 9.17. The van der Waals surface area contributed by atoms with Crippen LogP contribution < -0.4 is 10.2 Å². The number of nitrogens with zero attached hydrogens (tertiary/aromatic N) is 4. The fraction of sp³-hybridized carbons (Fsp3) is 0.833. The van der Waals surface area contributed by atoms with Crippen molar-refractivity contribution >= 4 is 11.8 Å². The molecule has 2 unspecified atom stereocenters. The predicted octanol–water partition coefficient (Wildman–Crippen LogP) is 5.48. The third kappa shape index (κ3) is 7.44. The summed E-state index contributed by atoms with van der Waals surface area (Å²) in [5, 5.41) is 3.69. The summed E-state index contributed by atoms with van der Waals surface area (Å²) < 4.78 is 0. The molecule has 5 nitrogen and oxygen atoms in total. The molecule has 2 aliphatic heterocycles. The number of nitrogens with one attached hydrogen (secondary N) is 1. The Kier molecular flexibility index (Phi) is 9.52. The van der Waals surface area contributed by atoms with Crippen LogP contribution in [-0.2, 0) is 0 Å². The number of hydrogen-bond donors (Lipinski definition) is 1. The van der Waals surface area contributed by atoms with E-state index in [0.717, 1.165) is 31.4 Å². The summed E-state index contributed by atoms with van der Waals surface area (Å²) in [5.41, 5.74) is 0. The molecule has 0 aromatic carbocycles. The van der Waals surface area contributed by atoms with Crippen LogP contribution in [0.15, 0.2) is 12.3 Å². The van der Waals surface area contributed by atoms with Gasteiger partial charge in [-0.3, -0.25) is 4.90 Å². The Morgan fingerprint density at radius 2 is 1.83 bits per heavy atom. The van der Waals surface area contributed by atoms with Crippen LogP contribution >= 0.6 is 0 Å². The van der Waals surface area contributed by atoms with Crippen LogP contribution in [0.1, 0.15) is 90.9 Å². The molecule has 3 heterocycles. The molecule has 0 aliphatic carbocycles. The first-order valence-corrected chi connectivity index (χ1v) is 12.3. The Bertz CT molecular complexity index is 570. The molecule has 2 saturated heterocycles. The number of likely N-dealkylation sites (tertiary alicyclic amines) is 1. The lowest BCUT2D eigenvalue weighted by molar-refractivity contribution is 0.198. The zero-order chi connectivity index (χ0) is 20.3. The Labute approximate surface area is 178 Å². The molecule has 1 aromatic rings. The Morgan fingerprint density at radius 1 is 1.03 bits per heavy atom. The quantitative estimate of drug-likeness (QED) is 0.555. The van der Waals surface area contributed by atoms with Crippen molar-refractivity contribution in [3.63, 3.8) is 0 Å². The van der Waals surface area contributed by atoms with E-state index in [1.807, 2.05) is 6.20 Å². The molecule has 3 rings (SSSR count). The van der Waals surface area contributed by atoms with Crippen LogP contribution in [0.25, 0.3) is 0 Å². The molecule has 1 N–H and O–H groups in total.